The predicted molar refractivity (Wildman–Crippen MR) is 114 cm³/mol. The molecule has 0 aliphatic heterocycles. The molecule has 29 heavy (non-hydrogen) atoms. The average molecular weight is 422 g/mol. The lowest BCUT2D eigenvalue weighted by Crippen LogP contribution is -2.43. The largest absolute Gasteiger partial charge is 0.508 e. The fraction of sp³-hybridized carbons (Fsp3) is 0.333. The molecule has 0 unspecified atom stereocenters. The van der Waals surface area contributed by atoms with E-state index in [1.165, 1.54) is 0 Å². The summed E-state index contributed by atoms with van der Waals surface area (Å²) < 4.78 is 5.14. The second kappa shape index (κ2) is 12.6. The topological polar surface area (TPSA) is 114 Å². The van der Waals surface area contributed by atoms with E-state index >= 15 is 0 Å². The Bertz CT molecular complexity index is 756. The number of benzene rings is 2. The van der Waals surface area contributed by atoms with Crippen LogP contribution in [0.4, 0.5) is 4.79 Å². The van der Waals surface area contributed by atoms with E-state index in [9.17, 15) is 14.7 Å². The zero-order valence-electron chi connectivity index (χ0n) is 16.3. The minimum absolute atomic E-state index is 0. The number of aromatic hydroxyl groups is 1. The molecule has 0 radical (unpaired) electrons. The maximum Gasteiger partial charge on any atom is 0.407 e. The molecular weight excluding hydrogens is 394 g/mol. The van der Waals surface area contributed by atoms with Crippen LogP contribution < -0.4 is 16.4 Å². The van der Waals surface area contributed by atoms with Crippen LogP contribution in [0, 0.1) is 0 Å². The normalized spacial score (nSPS) is 12.3. The van der Waals surface area contributed by atoms with Gasteiger partial charge in [-0.2, -0.15) is 0 Å². The molecule has 0 fully saturated rings. The summed E-state index contributed by atoms with van der Waals surface area (Å²) in [7, 11) is 0. The first-order chi connectivity index (χ1) is 13.5. The number of phenolic OH excluding ortho intramolecular Hbond substituents is 1. The lowest BCUT2D eigenvalue weighted by molar-refractivity contribution is -0.120. The van der Waals surface area contributed by atoms with Crippen molar-refractivity contribution in [2.75, 3.05) is 6.54 Å². The highest BCUT2D eigenvalue weighted by Crippen LogP contribution is 2.17. The molecule has 0 aliphatic carbocycles. The Morgan fingerprint density at radius 1 is 1.10 bits per heavy atom. The molecule has 2 amide bonds. The number of ether oxygens (including phenoxy) is 1. The highest BCUT2D eigenvalue weighted by atomic mass is 35.5. The Morgan fingerprint density at radius 3 is 2.38 bits per heavy atom. The van der Waals surface area contributed by atoms with Crippen LogP contribution in [0.15, 0.2) is 54.6 Å². The highest BCUT2D eigenvalue weighted by Gasteiger charge is 2.18. The van der Waals surface area contributed by atoms with Crippen LogP contribution in [-0.2, 0) is 16.1 Å². The molecule has 0 saturated heterocycles. The van der Waals surface area contributed by atoms with Gasteiger partial charge in [0.1, 0.15) is 12.4 Å². The minimum Gasteiger partial charge on any atom is -0.508 e. The number of nitrogens with two attached hydrogens (primary N) is 1. The molecule has 0 heterocycles. The van der Waals surface area contributed by atoms with Gasteiger partial charge in [0, 0.05) is 12.6 Å². The third-order valence-corrected chi connectivity index (χ3v) is 4.34. The van der Waals surface area contributed by atoms with E-state index in [4.69, 9.17) is 10.5 Å². The molecule has 0 bridgehead atoms. The average Bonchev–Trinajstić information content (AvgIpc) is 2.69. The van der Waals surface area contributed by atoms with Crippen molar-refractivity contribution < 1.29 is 19.4 Å². The summed E-state index contributed by atoms with van der Waals surface area (Å²) >= 11 is 0. The van der Waals surface area contributed by atoms with Gasteiger partial charge in [-0.05, 0) is 43.0 Å². The van der Waals surface area contributed by atoms with E-state index in [2.05, 4.69) is 10.6 Å². The van der Waals surface area contributed by atoms with Crippen LogP contribution in [0.3, 0.4) is 0 Å². The van der Waals surface area contributed by atoms with Gasteiger partial charge in [0.15, 0.2) is 0 Å². The summed E-state index contributed by atoms with van der Waals surface area (Å²) in [4.78, 5) is 23.4. The summed E-state index contributed by atoms with van der Waals surface area (Å²) in [5, 5.41) is 15.2. The number of rotatable bonds is 10. The van der Waals surface area contributed by atoms with Crippen molar-refractivity contribution >= 4 is 24.4 Å². The lowest BCUT2D eigenvalue weighted by atomic mass is 10.0. The summed E-state index contributed by atoms with van der Waals surface area (Å²) in [5.74, 6) is -0.259. The molecule has 2 rings (SSSR count). The number of halogens is 1. The fourth-order valence-electron chi connectivity index (χ4n) is 2.74. The standard InChI is InChI=1S/C21H27N3O4.ClH/c1-15(17-9-11-18(25)12-10-17)24-19(20(22)26)8-5-13-23-21(27)28-14-16-6-3-2-4-7-16;/h2-4,6-7,9-12,15,19,24-25H,5,8,13-14H2,1H3,(H2,22,26)(H,23,27);1H/t15-,19-;/m1./s1. The van der Waals surface area contributed by atoms with Gasteiger partial charge in [-0.1, -0.05) is 42.5 Å². The number of alkyl carbamates (subject to hydrolysis) is 1. The molecule has 2 atom stereocenters. The quantitative estimate of drug-likeness (QED) is 0.440. The highest BCUT2D eigenvalue weighted by molar-refractivity contribution is 5.85. The van der Waals surface area contributed by atoms with Gasteiger partial charge in [0.05, 0.1) is 6.04 Å². The van der Waals surface area contributed by atoms with Gasteiger partial charge in [0.25, 0.3) is 0 Å². The summed E-state index contributed by atoms with van der Waals surface area (Å²) in [6.45, 7) is 2.51. The third kappa shape index (κ3) is 8.85. The van der Waals surface area contributed by atoms with Crippen molar-refractivity contribution in [3.05, 3.63) is 65.7 Å². The molecule has 8 heteroatoms. The van der Waals surface area contributed by atoms with Crippen molar-refractivity contribution in [2.24, 2.45) is 5.73 Å². The van der Waals surface area contributed by atoms with E-state index in [-0.39, 0.29) is 30.8 Å². The molecule has 0 aromatic heterocycles. The summed E-state index contributed by atoms with van der Waals surface area (Å²) in [6.07, 6.45) is 0.560. The van der Waals surface area contributed by atoms with E-state index in [1.807, 2.05) is 37.3 Å². The van der Waals surface area contributed by atoms with Crippen LogP contribution in [0.2, 0.25) is 0 Å². The molecular formula is C21H28ClN3O4. The van der Waals surface area contributed by atoms with E-state index in [1.54, 1.807) is 24.3 Å². The molecule has 0 aliphatic rings. The zero-order valence-corrected chi connectivity index (χ0v) is 17.2. The number of hydrogen-bond acceptors (Lipinski definition) is 5. The first-order valence-corrected chi connectivity index (χ1v) is 9.24. The van der Waals surface area contributed by atoms with Crippen LogP contribution in [0.25, 0.3) is 0 Å². The van der Waals surface area contributed by atoms with Gasteiger partial charge in [-0.3, -0.25) is 10.1 Å². The molecule has 158 valence electrons. The fourth-order valence-corrected chi connectivity index (χ4v) is 2.74. The Hall–Kier alpha value is -2.77. The maximum atomic E-state index is 11.7. The minimum atomic E-state index is -0.522. The molecule has 0 spiro atoms. The van der Waals surface area contributed by atoms with Crippen molar-refractivity contribution in [1.29, 1.82) is 0 Å². The van der Waals surface area contributed by atoms with Crippen LogP contribution >= 0.6 is 12.4 Å². The van der Waals surface area contributed by atoms with Crippen molar-refractivity contribution in [1.82, 2.24) is 10.6 Å². The first-order valence-electron chi connectivity index (χ1n) is 9.24. The van der Waals surface area contributed by atoms with Crippen LogP contribution in [0.1, 0.15) is 36.9 Å². The zero-order chi connectivity index (χ0) is 20.4. The third-order valence-electron chi connectivity index (χ3n) is 4.34. The van der Waals surface area contributed by atoms with E-state index in [0.717, 1.165) is 11.1 Å². The number of carbonyl (C=O) groups excluding carboxylic acids is 2. The molecule has 2 aromatic rings. The SMILES string of the molecule is C[C@@H](N[C@H](CCCNC(=O)OCc1ccccc1)C(N)=O)c1ccc(O)cc1.Cl. The van der Waals surface area contributed by atoms with Gasteiger partial charge in [-0.25, -0.2) is 4.79 Å². The molecule has 2 aromatic carbocycles. The van der Waals surface area contributed by atoms with Crippen molar-refractivity contribution in [3.63, 3.8) is 0 Å². The van der Waals surface area contributed by atoms with Gasteiger partial charge in [-0.15, -0.1) is 12.4 Å². The second-order valence-electron chi connectivity index (χ2n) is 6.57. The number of amides is 2. The Morgan fingerprint density at radius 2 is 1.76 bits per heavy atom. The molecule has 0 saturated carbocycles. The number of carbonyl (C=O) groups is 2. The van der Waals surface area contributed by atoms with Crippen molar-refractivity contribution in [2.45, 2.75) is 38.5 Å². The number of hydrogen-bond donors (Lipinski definition) is 4. The smallest absolute Gasteiger partial charge is 0.407 e. The second-order valence-corrected chi connectivity index (χ2v) is 6.57. The molecule has 5 N–H and O–H groups in total. The number of primary amides is 1. The Kier molecular flexibility index (Phi) is 10.6. The van der Waals surface area contributed by atoms with Gasteiger partial charge in [0.2, 0.25) is 5.91 Å². The first kappa shape index (κ1) is 24.3. The summed E-state index contributed by atoms with van der Waals surface area (Å²) in [5.41, 5.74) is 7.34. The summed E-state index contributed by atoms with van der Waals surface area (Å²) in [6, 6.07) is 15.6. The van der Waals surface area contributed by atoms with E-state index < -0.39 is 18.0 Å². The van der Waals surface area contributed by atoms with Gasteiger partial charge < -0.3 is 20.9 Å². The lowest BCUT2D eigenvalue weighted by Gasteiger charge is -2.21. The van der Waals surface area contributed by atoms with Crippen molar-refractivity contribution in [3.8, 4) is 5.75 Å². The maximum absolute atomic E-state index is 11.7. The Labute approximate surface area is 177 Å². The number of nitrogens with one attached hydrogen (secondary N) is 2. The monoisotopic (exact) mass is 421 g/mol. The number of phenols is 1. The van der Waals surface area contributed by atoms with Gasteiger partial charge >= 0.3 is 6.09 Å². The van der Waals surface area contributed by atoms with Crippen LogP contribution in [0.5, 0.6) is 5.75 Å². The molecule has 7 nitrogen and oxygen atoms in total. The Balaban J connectivity index is 0.00000420. The van der Waals surface area contributed by atoms with E-state index in [0.29, 0.717) is 19.4 Å². The predicted octanol–water partition coefficient (Wildman–Crippen LogP) is 3.03. The van der Waals surface area contributed by atoms with Crippen LogP contribution in [-0.4, -0.2) is 29.7 Å².